The van der Waals surface area contributed by atoms with Gasteiger partial charge in [-0.1, -0.05) is 36.7 Å². The van der Waals surface area contributed by atoms with Crippen molar-refractivity contribution in [1.82, 2.24) is 5.32 Å². The number of aryl methyl sites for hydroxylation is 2. The summed E-state index contributed by atoms with van der Waals surface area (Å²) in [5.74, 6) is 1.74. The summed E-state index contributed by atoms with van der Waals surface area (Å²) in [6.07, 6.45) is 1.00. The fourth-order valence-corrected chi connectivity index (χ4v) is 3.00. The fraction of sp³-hybridized carbons (Fsp3) is 0.500. The normalized spacial score (nSPS) is 11.7. The number of furan rings is 1. The van der Waals surface area contributed by atoms with E-state index in [0.717, 1.165) is 35.3 Å². The van der Waals surface area contributed by atoms with Gasteiger partial charge >= 0.3 is 0 Å². The molecule has 0 spiro atoms. The minimum absolute atomic E-state index is 0.658. The molecule has 0 aliphatic rings. The van der Waals surface area contributed by atoms with E-state index < -0.39 is 0 Å². The van der Waals surface area contributed by atoms with Crippen molar-refractivity contribution in [3.8, 4) is 0 Å². The summed E-state index contributed by atoms with van der Waals surface area (Å²) < 4.78 is 7.19. The van der Waals surface area contributed by atoms with E-state index in [1.54, 1.807) is 0 Å². The topological polar surface area (TPSA) is 25.2 Å². The molecule has 1 N–H and O–H groups in total. The van der Waals surface area contributed by atoms with E-state index in [1.165, 1.54) is 16.5 Å². The summed E-state index contributed by atoms with van der Waals surface area (Å²) in [6, 6.07) is 4.27. The van der Waals surface area contributed by atoms with E-state index in [2.05, 4.69) is 61.1 Å². The van der Waals surface area contributed by atoms with Gasteiger partial charge in [-0.25, -0.2) is 0 Å². The molecule has 0 radical (unpaired) electrons. The van der Waals surface area contributed by atoms with Crippen LogP contribution >= 0.6 is 15.9 Å². The summed E-state index contributed by atoms with van der Waals surface area (Å²) in [4.78, 5) is 0. The Bertz CT molecular complexity index is 572. The largest absolute Gasteiger partial charge is 0.459 e. The molecule has 1 aromatic heterocycles. The first-order valence-corrected chi connectivity index (χ1v) is 7.73. The van der Waals surface area contributed by atoms with Gasteiger partial charge < -0.3 is 9.73 Å². The second-order valence-electron chi connectivity index (χ2n) is 5.48. The molecule has 0 atom stereocenters. The van der Waals surface area contributed by atoms with Crippen LogP contribution in [-0.2, 0) is 13.0 Å². The van der Waals surface area contributed by atoms with Crippen molar-refractivity contribution in [1.29, 1.82) is 0 Å². The maximum Gasteiger partial charge on any atom is 0.137 e. The third-order valence-corrected chi connectivity index (χ3v) is 3.78. The van der Waals surface area contributed by atoms with Crippen molar-refractivity contribution >= 4 is 26.9 Å². The van der Waals surface area contributed by atoms with Gasteiger partial charge in [-0.3, -0.25) is 0 Å². The van der Waals surface area contributed by atoms with Crippen molar-refractivity contribution in [3.63, 3.8) is 0 Å². The molecule has 0 aliphatic heterocycles. The molecule has 2 aromatic rings. The van der Waals surface area contributed by atoms with Gasteiger partial charge in [0.25, 0.3) is 0 Å². The van der Waals surface area contributed by atoms with Crippen LogP contribution in [0.15, 0.2) is 21.0 Å². The number of hydrogen-bond donors (Lipinski definition) is 1. The van der Waals surface area contributed by atoms with Crippen LogP contribution in [0, 0.1) is 12.8 Å². The minimum atomic E-state index is 0.658. The Labute approximate surface area is 123 Å². The standard InChI is InChI=1S/C16H22BrNO/c1-5-13-14-7-12(17)6-11(4)16(14)19-15(13)9-18-8-10(2)3/h6-7,10,18H,5,8-9H2,1-4H3. The molecule has 2 nitrogen and oxygen atoms in total. The highest BCUT2D eigenvalue weighted by Gasteiger charge is 2.14. The van der Waals surface area contributed by atoms with E-state index in [0.29, 0.717) is 5.92 Å². The van der Waals surface area contributed by atoms with Gasteiger partial charge in [0.1, 0.15) is 11.3 Å². The smallest absolute Gasteiger partial charge is 0.137 e. The quantitative estimate of drug-likeness (QED) is 0.854. The number of fused-ring (bicyclic) bond motifs is 1. The van der Waals surface area contributed by atoms with Gasteiger partial charge in [0.15, 0.2) is 0 Å². The molecule has 1 aromatic carbocycles. The van der Waals surface area contributed by atoms with Crippen molar-refractivity contribution < 1.29 is 4.42 Å². The lowest BCUT2D eigenvalue weighted by Crippen LogP contribution is -2.19. The Morgan fingerprint density at radius 3 is 2.68 bits per heavy atom. The van der Waals surface area contributed by atoms with Gasteiger partial charge in [0.2, 0.25) is 0 Å². The molecule has 19 heavy (non-hydrogen) atoms. The molecule has 3 heteroatoms. The van der Waals surface area contributed by atoms with Crippen molar-refractivity contribution in [2.24, 2.45) is 5.92 Å². The first-order valence-electron chi connectivity index (χ1n) is 6.94. The van der Waals surface area contributed by atoms with E-state index in [1.807, 2.05) is 0 Å². The average Bonchev–Trinajstić information content (AvgIpc) is 2.66. The summed E-state index contributed by atoms with van der Waals surface area (Å²) in [6.45, 7) is 10.5. The third kappa shape index (κ3) is 3.21. The van der Waals surface area contributed by atoms with Crippen molar-refractivity contribution in [2.75, 3.05) is 6.54 Å². The first kappa shape index (κ1) is 14.6. The Kier molecular flexibility index (Phi) is 4.69. The lowest BCUT2D eigenvalue weighted by Gasteiger charge is -2.06. The zero-order valence-corrected chi connectivity index (χ0v) is 13.7. The van der Waals surface area contributed by atoms with Gasteiger partial charge in [-0.15, -0.1) is 0 Å². The molecule has 0 unspecified atom stereocenters. The highest BCUT2D eigenvalue weighted by atomic mass is 79.9. The van der Waals surface area contributed by atoms with Crippen LogP contribution in [0.1, 0.15) is 37.7 Å². The number of benzene rings is 1. The van der Waals surface area contributed by atoms with E-state index in [-0.39, 0.29) is 0 Å². The van der Waals surface area contributed by atoms with Crippen LogP contribution in [-0.4, -0.2) is 6.54 Å². The highest BCUT2D eigenvalue weighted by molar-refractivity contribution is 9.10. The Balaban J connectivity index is 2.36. The van der Waals surface area contributed by atoms with Gasteiger partial charge in [-0.2, -0.15) is 0 Å². The fourth-order valence-electron chi connectivity index (χ4n) is 2.43. The number of rotatable bonds is 5. The molecule has 1 heterocycles. The van der Waals surface area contributed by atoms with Gasteiger partial charge in [0.05, 0.1) is 6.54 Å². The lowest BCUT2D eigenvalue weighted by atomic mass is 10.1. The molecule has 0 bridgehead atoms. The maximum atomic E-state index is 6.07. The molecule has 0 saturated carbocycles. The predicted molar refractivity (Wildman–Crippen MR) is 84.6 cm³/mol. The second-order valence-corrected chi connectivity index (χ2v) is 6.40. The zero-order chi connectivity index (χ0) is 14.0. The van der Waals surface area contributed by atoms with Crippen molar-refractivity contribution in [2.45, 2.75) is 40.7 Å². The highest BCUT2D eigenvalue weighted by Crippen LogP contribution is 2.31. The maximum absolute atomic E-state index is 6.07. The molecule has 0 amide bonds. The third-order valence-electron chi connectivity index (χ3n) is 3.32. The SMILES string of the molecule is CCc1c(CNCC(C)C)oc2c(C)cc(Br)cc12. The van der Waals surface area contributed by atoms with Crippen LogP contribution in [0.4, 0.5) is 0 Å². The number of nitrogens with one attached hydrogen (secondary N) is 1. The van der Waals surface area contributed by atoms with Crippen LogP contribution in [0.25, 0.3) is 11.0 Å². The first-order chi connectivity index (χ1) is 9.02. The Morgan fingerprint density at radius 1 is 1.32 bits per heavy atom. The lowest BCUT2D eigenvalue weighted by molar-refractivity contribution is 0.480. The molecule has 2 rings (SSSR count). The molecular weight excluding hydrogens is 302 g/mol. The predicted octanol–water partition coefficient (Wildman–Crippen LogP) is 4.81. The Hall–Kier alpha value is -0.800. The van der Waals surface area contributed by atoms with E-state index in [4.69, 9.17) is 4.42 Å². The molecule has 0 fully saturated rings. The van der Waals surface area contributed by atoms with Crippen LogP contribution < -0.4 is 5.32 Å². The zero-order valence-electron chi connectivity index (χ0n) is 12.1. The van der Waals surface area contributed by atoms with Crippen molar-refractivity contribution in [3.05, 3.63) is 33.5 Å². The van der Waals surface area contributed by atoms with E-state index >= 15 is 0 Å². The monoisotopic (exact) mass is 323 g/mol. The summed E-state index contributed by atoms with van der Waals surface area (Å²) >= 11 is 3.57. The molecule has 0 saturated heterocycles. The molecular formula is C16H22BrNO. The van der Waals surface area contributed by atoms with Gasteiger partial charge in [-0.05, 0) is 43.5 Å². The van der Waals surface area contributed by atoms with Crippen LogP contribution in [0.3, 0.4) is 0 Å². The molecule has 104 valence electrons. The summed E-state index contributed by atoms with van der Waals surface area (Å²) in [5.41, 5.74) is 3.55. The second kappa shape index (κ2) is 6.10. The van der Waals surface area contributed by atoms with E-state index in [9.17, 15) is 0 Å². The molecule has 0 aliphatic carbocycles. The van der Waals surface area contributed by atoms with Crippen LogP contribution in [0.2, 0.25) is 0 Å². The summed E-state index contributed by atoms with van der Waals surface area (Å²) in [5, 5.41) is 4.71. The average molecular weight is 324 g/mol. The van der Waals surface area contributed by atoms with Crippen LogP contribution in [0.5, 0.6) is 0 Å². The summed E-state index contributed by atoms with van der Waals surface area (Å²) in [7, 11) is 0. The number of hydrogen-bond acceptors (Lipinski definition) is 2. The number of halogens is 1. The minimum Gasteiger partial charge on any atom is -0.459 e. The Morgan fingerprint density at radius 2 is 2.05 bits per heavy atom. The van der Waals surface area contributed by atoms with Gasteiger partial charge in [0, 0.05) is 15.4 Å².